The van der Waals surface area contributed by atoms with Gasteiger partial charge in [-0.25, -0.2) is 13.4 Å². The summed E-state index contributed by atoms with van der Waals surface area (Å²) in [5, 5.41) is 8.09. The van der Waals surface area contributed by atoms with Gasteiger partial charge in [0.25, 0.3) is 0 Å². The molecule has 0 spiro atoms. The zero-order valence-electron chi connectivity index (χ0n) is 21.0. The van der Waals surface area contributed by atoms with E-state index >= 15 is 0 Å². The molecule has 2 atom stereocenters. The van der Waals surface area contributed by atoms with Crippen molar-refractivity contribution in [3.05, 3.63) is 28.5 Å². The molecule has 2 N–H and O–H groups in total. The fraction of sp³-hybridized carbons (Fsp3) is 0.542. The zero-order chi connectivity index (χ0) is 25.3. The van der Waals surface area contributed by atoms with Crippen LogP contribution in [0.1, 0.15) is 46.7 Å². The highest BCUT2D eigenvalue weighted by Crippen LogP contribution is 2.33. The number of aromatic nitrogens is 4. The monoisotopic (exact) mass is 518 g/mol. The number of ether oxygens (including phenoxy) is 1. The number of nitrogens with zero attached hydrogens (tertiary/aromatic N) is 4. The minimum absolute atomic E-state index is 0.0722. The van der Waals surface area contributed by atoms with Crippen LogP contribution in [0.2, 0.25) is 0 Å². The summed E-state index contributed by atoms with van der Waals surface area (Å²) in [7, 11) is -3.71. The number of aryl methyl sites for hydroxylation is 2. The number of piperazine rings is 1. The molecule has 190 valence electrons. The minimum Gasteiger partial charge on any atom is -0.493 e. The van der Waals surface area contributed by atoms with E-state index in [1.165, 1.54) is 0 Å². The quantitative estimate of drug-likeness (QED) is 0.436. The van der Waals surface area contributed by atoms with E-state index in [4.69, 9.17) is 27.0 Å². The Kier molecular flexibility index (Phi) is 7.60. The van der Waals surface area contributed by atoms with Gasteiger partial charge in [-0.1, -0.05) is 25.6 Å². The molecule has 0 saturated carbocycles. The molecule has 11 heteroatoms. The van der Waals surface area contributed by atoms with Gasteiger partial charge in [0.1, 0.15) is 27.2 Å². The van der Waals surface area contributed by atoms with Gasteiger partial charge in [-0.3, -0.25) is 4.68 Å². The highest BCUT2D eigenvalue weighted by atomic mass is 32.2. The van der Waals surface area contributed by atoms with Gasteiger partial charge >= 0.3 is 0 Å². The first kappa shape index (κ1) is 25.7. The van der Waals surface area contributed by atoms with Crippen LogP contribution in [0.25, 0.3) is 22.4 Å². The highest BCUT2D eigenvalue weighted by Gasteiger charge is 2.32. The molecule has 0 bridgehead atoms. The van der Waals surface area contributed by atoms with Crippen molar-refractivity contribution in [1.29, 1.82) is 0 Å². The van der Waals surface area contributed by atoms with E-state index in [0.29, 0.717) is 48.0 Å². The Morgan fingerprint density at radius 1 is 1.17 bits per heavy atom. The first-order valence-corrected chi connectivity index (χ1v) is 14.1. The molecular formula is C24H34N6O3S2. The Balaban J connectivity index is 1.87. The van der Waals surface area contributed by atoms with E-state index in [9.17, 15) is 8.42 Å². The van der Waals surface area contributed by atoms with E-state index in [2.05, 4.69) is 17.2 Å². The Hall–Kier alpha value is -2.34. The van der Waals surface area contributed by atoms with E-state index in [0.717, 1.165) is 29.6 Å². The lowest BCUT2D eigenvalue weighted by Gasteiger charge is -2.35. The Bertz CT molecular complexity index is 1370. The van der Waals surface area contributed by atoms with Crippen molar-refractivity contribution in [2.45, 2.75) is 71.0 Å². The molecule has 1 aliphatic heterocycles. The second-order valence-electron chi connectivity index (χ2n) is 9.01. The van der Waals surface area contributed by atoms with Gasteiger partial charge in [0, 0.05) is 31.7 Å². The molecular weight excluding hydrogens is 484 g/mol. The van der Waals surface area contributed by atoms with Crippen LogP contribution >= 0.6 is 12.2 Å². The molecule has 0 radical (unpaired) electrons. The standard InChI is InChI=1S/C24H34N6O3S2/c1-6-9-19-21-22(30(7-2)28-19)24(34)27-23(26-21)18-12-17(10-11-20(18)33-8-3)35(31,32)29-13-15(4)25-16(5)14-29/h10-12,15-16,25H,6-9,13-14H2,1-5H3,(H,26,27,34). The fourth-order valence-corrected chi connectivity index (χ4v) is 6.61. The van der Waals surface area contributed by atoms with Crippen molar-refractivity contribution in [3.8, 4) is 17.1 Å². The number of hydrogen-bond donors (Lipinski definition) is 2. The topological polar surface area (TPSA) is 105 Å². The van der Waals surface area contributed by atoms with Crippen LogP contribution in [0.5, 0.6) is 5.75 Å². The van der Waals surface area contributed by atoms with Crippen LogP contribution in [0, 0.1) is 4.64 Å². The molecule has 2 aromatic heterocycles. The minimum atomic E-state index is -3.71. The molecule has 1 aromatic carbocycles. The van der Waals surface area contributed by atoms with Crippen molar-refractivity contribution < 1.29 is 13.2 Å². The number of aromatic amines is 1. The average Bonchev–Trinajstić information content (AvgIpc) is 3.17. The highest BCUT2D eigenvalue weighted by molar-refractivity contribution is 7.89. The Morgan fingerprint density at radius 3 is 2.51 bits per heavy atom. The van der Waals surface area contributed by atoms with Crippen molar-refractivity contribution in [2.24, 2.45) is 0 Å². The number of fused-ring (bicyclic) bond motifs is 1. The predicted octanol–water partition coefficient (Wildman–Crippen LogP) is 3.90. The van der Waals surface area contributed by atoms with E-state index in [-0.39, 0.29) is 17.0 Å². The third-order valence-electron chi connectivity index (χ3n) is 6.12. The smallest absolute Gasteiger partial charge is 0.243 e. The van der Waals surface area contributed by atoms with Gasteiger partial charge in [0.15, 0.2) is 0 Å². The summed E-state index contributed by atoms with van der Waals surface area (Å²) in [6, 6.07) is 5.09. The summed E-state index contributed by atoms with van der Waals surface area (Å²) in [6.45, 7) is 11.9. The summed E-state index contributed by atoms with van der Waals surface area (Å²) >= 11 is 5.70. The molecule has 35 heavy (non-hydrogen) atoms. The lowest BCUT2D eigenvalue weighted by Crippen LogP contribution is -2.55. The second-order valence-corrected chi connectivity index (χ2v) is 11.4. The third kappa shape index (κ3) is 5.00. The van der Waals surface area contributed by atoms with Gasteiger partial charge in [0.2, 0.25) is 10.0 Å². The number of H-pyrrole nitrogens is 1. The first-order valence-electron chi connectivity index (χ1n) is 12.2. The van der Waals surface area contributed by atoms with Crippen molar-refractivity contribution in [1.82, 2.24) is 29.4 Å². The Morgan fingerprint density at radius 2 is 1.89 bits per heavy atom. The summed E-state index contributed by atoms with van der Waals surface area (Å²) in [5.41, 5.74) is 2.98. The van der Waals surface area contributed by atoms with Gasteiger partial charge in [-0.15, -0.1) is 0 Å². The molecule has 2 unspecified atom stereocenters. The van der Waals surface area contributed by atoms with E-state index in [1.807, 2.05) is 32.4 Å². The SMILES string of the molecule is CCCc1nn(CC)c2c(=S)[nH]c(-c3cc(S(=O)(=O)N4CC(C)NC(C)C4)ccc3OCC)nc12. The molecule has 9 nitrogen and oxygen atoms in total. The van der Waals surface area contributed by atoms with E-state index in [1.54, 1.807) is 22.5 Å². The predicted molar refractivity (Wildman–Crippen MR) is 140 cm³/mol. The lowest BCUT2D eigenvalue weighted by atomic mass is 10.1. The van der Waals surface area contributed by atoms with Crippen LogP contribution in [0.3, 0.4) is 0 Å². The van der Waals surface area contributed by atoms with Crippen LogP contribution in [0.4, 0.5) is 0 Å². The van der Waals surface area contributed by atoms with Crippen molar-refractivity contribution in [2.75, 3.05) is 19.7 Å². The zero-order valence-corrected chi connectivity index (χ0v) is 22.6. The summed E-state index contributed by atoms with van der Waals surface area (Å²) in [5.74, 6) is 1.02. The first-order chi connectivity index (χ1) is 16.7. The van der Waals surface area contributed by atoms with Crippen LogP contribution in [-0.2, 0) is 23.0 Å². The maximum atomic E-state index is 13.6. The van der Waals surface area contributed by atoms with Gasteiger partial charge in [-0.05, 0) is 52.3 Å². The fourth-order valence-electron chi connectivity index (χ4n) is 4.67. The van der Waals surface area contributed by atoms with Gasteiger partial charge < -0.3 is 15.0 Å². The summed E-state index contributed by atoms with van der Waals surface area (Å²) in [4.78, 5) is 8.31. The molecule has 4 rings (SSSR count). The molecule has 1 fully saturated rings. The Labute approximate surface area is 211 Å². The molecule has 3 aromatic rings. The molecule has 3 heterocycles. The summed E-state index contributed by atoms with van der Waals surface area (Å²) < 4.78 is 37.0. The molecule has 0 amide bonds. The maximum Gasteiger partial charge on any atom is 0.243 e. The van der Waals surface area contributed by atoms with Crippen molar-refractivity contribution >= 4 is 33.3 Å². The van der Waals surface area contributed by atoms with Crippen LogP contribution in [0.15, 0.2) is 23.1 Å². The van der Waals surface area contributed by atoms with Crippen molar-refractivity contribution in [3.63, 3.8) is 0 Å². The molecule has 1 saturated heterocycles. The lowest BCUT2D eigenvalue weighted by molar-refractivity contribution is 0.263. The third-order valence-corrected chi connectivity index (χ3v) is 8.24. The largest absolute Gasteiger partial charge is 0.493 e. The maximum absolute atomic E-state index is 13.6. The number of rotatable bonds is 8. The normalized spacial score (nSPS) is 19.3. The number of hydrogen-bond acceptors (Lipinski definition) is 7. The van der Waals surface area contributed by atoms with Gasteiger partial charge in [-0.2, -0.15) is 9.40 Å². The number of sulfonamides is 1. The summed E-state index contributed by atoms with van der Waals surface area (Å²) in [6.07, 6.45) is 1.71. The van der Waals surface area contributed by atoms with Crippen LogP contribution < -0.4 is 10.1 Å². The molecule has 1 aliphatic rings. The number of nitrogens with one attached hydrogen (secondary N) is 2. The number of benzene rings is 1. The average molecular weight is 519 g/mol. The van der Waals surface area contributed by atoms with Crippen LogP contribution in [-0.4, -0.2) is 64.3 Å². The second kappa shape index (κ2) is 10.3. The van der Waals surface area contributed by atoms with Gasteiger partial charge in [0.05, 0.1) is 22.8 Å². The molecule has 0 aliphatic carbocycles. The van der Waals surface area contributed by atoms with E-state index < -0.39 is 10.0 Å².